The van der Waals surface area contributed by atoms with E-state index in [1.165, 1.54) is 0 Å². The zero-order valence-corrected chi connectivity index (χ0v) is 20.3. The van der Waals surface area contributed by atoms with Crippen LogP contribution in [0.3, 0.4) is 0 Å². The summed E-state index contributed by atoms with van der Waals surface area (Å²) in [5.41, 5.74) is 2.57. The first-order valence-corrected chi connectivity index (χ1v) is 11.8. The smallest absolute Gasteiger partial charge is 0.101 e. The molecular formula is C26H26Cl2N4O2. The highest BCUT2D eigenvalue weighted by atomic mass is 35.5. The minimum atomic E-state index is -1.12. The average Bonchev–Trinajstić information content (AvgIpc) is 2.84. The van der Waals surface area contributed by atoms with Crippen molar-refractivity contribution in [1.82, 2.24) is 9.88 Å². The van der Waals surface area contributed by atoms with Crippen molar-refractivity contribution in [2.24, 2.45) is 0 Å². The van der Waals surface area contributed by atoms with Gasteiger partial charge >= 0.3 is 0 Å². The highest BCUT2D eigenvalue weighted by molar-refractivity contribution is 6.31. The number of pyridine rings is 1. The van der Waals surface area contributed by atoms with Crippen LogP contribution in [-0.4, -0.2) is 46.3 Å². The molecule has 3 aromatic rings. The minimum Gasteiger partial charge on any atom is -0.390 e. The van der Waals surface area contributed by atoms with Crippen LogP contribution in [0.25, 0.3) is 0 Å². The highest BCUT2D eigenvalue weighted by Crippen LogP contribution is 2.35. The first kappa shape index (κ1) is 24.5. The second-order valence-electron chi connectivity index (χ2n) is 8.74. The van der Waals surface area contributed by atoms with Gasteiger partial charge in [0, 0.05) is 48.0 Å². The molecule has 1 aromatic heterocycles. The number of hydrogen-bond acceptors (Lipinski definition) is 6. The van der Waals surface area contributed by atoms with Gasteiger partial charge in [-0.15, -0.1) is 0 Å². The number of benzene rings is 2. The third-order valence-electron chi connectivity index (χ3n) is 6.25. The largest absolute Gasteiger partial charge is 0.390 e. The molecule has 0 saturated carbocycles. The normalized spacial score (nSPS) is 18.4. The van der Waals surface area contributed by atoms with E-state index in [2.05, 4.69) is 20.9 Å². The molecule has 34 heavy (non-hydrogen) atoms. The molecule has 0 amide bonds. The second-order valence-corrected chi connectivity index (χ2v) is 9.61. The Labute approximate surface area is 209 Å². The molecule has 2 atom stereocenters. The van der Waals surface area contributed by atoms with Crippen molar-refractivity contribution in [3.05, 3.63) is 93.2 Å². The zero-order valence-electron chi connectivity index (χ0n) is 18.8. The molecule has 1 aliphatic heterocycles. The van der Waals surface area contributed by atoms with Crippen molar-refractivity contribution in [1.29, 1.82) is 5.26 Å². The van der Waals surface area contributed by atoms with Gasteiger partial charge in [-0.2, -0.15) is 5.26 Å². The van der Waals surface area contributed by atoms with Gasteiger partial charge < -0.3 is 15.1 Å². The van der Waals surface area contributed by atoms with Crippen molar-refractivity contribution in [2.45, 2.75) is 25.2 Å². The number of aliphatic hydroxyl groups excluding tert-OH is 1. The lowest BCUT2D eigenvalue weighted by atomic mass is 9.94. The summed E-state index contributed by atoms with van der Waals surface area (Å²) in [5.74, 6) is 0. The van der Waals surface area contributed by atoms with E-state index in [1.54, 1.807) is 37.4 Å². The van der Waals surface area contributed by atoms with Crippen LogP contribution in [0.2, 0.25) is 10.0 Å². The summed E-state index contributed by atoms with van der Waals surface area (Å²) >= 11 is 12.3. The van der Waals surface area contributed by atoms with Gasteiger partial charge in [-0.05, 0) is 48.9 Å². The molecule has 1 fully saturated rings. The van der Waals surface area contributed by atoms with Crippen LogP contribution in [0.15, 0.2) is 60.8 Å². The molecule has 0 aliphatic carbocycles. The SMILES string of the molecule is C[C@@](O)(CN1CCN(c2ccc(Cl)cc2C#N)[C@H](c2ccc(Cl)cc2)C1)c1ccc(CO)nc1. The lowest BCUT2D eigenvalue weighted by Crippen LogP contribution is -2.52. The Morgan fingerprint density at radius 1 is 1.09 bits per heavy atom. The van der Waals surface area contributed by atoms with Gasteiger partial charge in [-0.3, -0.25) is 9.88 Å². The van der Waals surface area contributed by atoms with Crippen molar-refractivity contribution in [3.8, 4) is 6.07 Å². The molecule has 176 valence electrons. The number of anilines is 1. The summed E-state index contributed by atoms with van der Waals surface area (Å²) in [6, 6.07) is 18.9. The maximum absolute atomic E-state index is 11.3. The molecule has 2 N–H and O–H groups in total. The summed E-state index contributed by atoms with van der Waals surface area (Å²) < 4.78 is 0. The van der Waals surface area contributed by atoms with Crippen LogP contribution in [0, 0.1) is 11.3 Å². The van der Waals surface area contributed by atoms with Crippen LogP contribution in [0.4, 0.5) is 5.69 Å². The first-order valence-electron chi connectivity index (χ1n) is 11.0. The molecule has 2 aromatic carbocycles. The van der Waals surface area contributed by atoms with E-state index in [1.807, 2.05) is 30.3 Å². The van der Waals surface area contributed by atoms with Gasteiger partial charge in [0.05, 0.1) is 29.6 Å². The number of hydrogen-bond donors (Lipinski definition) is 2. The van der Waals surface area contributed by atoms with Gasteiger partial charge in [-0.1, -0.05) is 41.4 Å². The molecule has 1 saturated heterocycles. The third kappa shape index (κ3) is 5.35. The fourth-order valence-corrected chi connectivity index (χ4v) is 4.75. The lowest BCUT2D eigenvalue weighted by molar-refractivity contribution is 0.00996. The van der Waals surface area contributed by atoms with Gasteiger partial charge in [-0.25, -0.2) is 0 Å². The van der Waals surface area contributed by atoms with E-state index in [0.29, 0.717) is 53.0 Å². The van der Waals surface area contributed by atoms with Crippen molar-refractivity contribution >= 4 is 28.9 Å². The number of nitriles is 1. The van der Waals surface area contributed by atoms with E-state index in [4.69, 9.17) is 23.2 Å². The predicted octanol–water partition coefficient (Wildman–Crippen LogP) is 4.52. The predicted molar refractivity (Wildman–Crippen MR) is 134 cm³/mol. The van der Waals surface area contributed by atoms with Crippen LogP contribution in [0.1, 0.15) is 35.3 Å². The number of rotatable bonds is 6. The summed E-state index contributed by atoms with van der Waals surface area (Å²) in [7, 11) is 0. The summed E-state index contributed by atoms with van der Waals surface area (Å²) in [6.45, 7) is 4.07. The molecule has 0 bridgehead atoms. The Hall–Kier alpha value is -2.66. The summed E-state index contributed by atoms with van der Waals surface area (Å²) in [5, 5.41) is 31.4. The molecule has 0 spiro atoms. The molecule has 6 nitrogen and oxygen atoms in total. The third-order valence-corrected chi connectivity index (χ3v) is 6.73. The van der Waals surface area contributed by atoms with E-state index in [9.17, 15) is 15.5 Å². The maximum Gasteiger partial charge on any atom is 0.101 e. The van der Waals surface area contributed by atoms with Crippen LogP contribution >= 0.6 is 23.2 Å². The molecule has 8 heteroatoms. The Bertz CT molecular complexity index is 1180. The number of halogens is 2. The van der Waals surface area contributed by atoms with Gasteiger partial charge in [0.1, 0.15) is 11.7 Å². The summed E-state index contributed by atoms with van der Waals surface area (Å²) in [4.78, 5) is 8.66. The number of nitrogens with zero attached hydrogens (tertiary/aromatic N) is 4. The van der Waals surface area contributed by atoms with Crippen LogP contribution < -0.4 is 4.90 Å². The zero-order chi connectivity index (χ0) is 24.3. The monoisotopic (exact) mass is 496 g/mol. The Morgan fingerprint density at radius 3 is 2.47 bits per heavy atom. The minimum absolute atomic E-state index is 0.0509. The highest BCUT2D eigenvalue weighted by Gasteiger charge is 2.34. The number of β-amino-alcohol motifs (C(OH)–C–C–N with tert-alkyl or cyclic N) is 1. The van der Waals surface area contributed by atoms with Gasteiger partial charge in [0.15, 0.2) is 0 Å². The molecule has 0 unspecified atom stereocenters. The number of piperazine rings is 1. The lowest BCUT2D eigenvalue weighted by Gasteiger charge is -2.45. The Morgan fingerprint density at radius 2 is 1.82 bits per heavy atom. The van der Waals surface area contributed by atoms with Crippen molar-refractivity contribution < 1.29 is 10.2 Å². The van der Waals surface area contributed by atoms with Crippen LogP contribution in [0.5, 0.6) is 0 Å². The number of aromatic nitrogens is 1. The topological polar surface area (TPSA) is 83.6 Å². The fraction of sp³-hybridized carbons (Fsp3) is 0.308. The van der Waals surface area contributed by atoms with Crippen molar-refractivity contribution in [3.63, 3.8) is 0 Å². The van der Waals surface area contributed by atoms with Crippen LogP contribution in [-0.2, 0) is 12.2 Å². The van der Waals surface area contributed by atoms with Gasteiger partial charge in [0.25, 0.3) is 0 Å². The standard InChI is InChI=1S/C26H26Cl2N4O2/c1-26(34,20-4-8-23(16-33)30-14-20)17-31-10-11-32(24-9-7-22(28)12-19(24)13-29)25(15-31)18-2-5-21(27)6-3-18/h2-9,12,14,25,33-34H,10-11,15-17H2,1H3/t25-,26+/m0/s1. The molecule has 0 radical (unpaired) electrons. The van der Waals surface area contributed by atoms with Gasteiger partial charge in [0.2, 0.25) is 0 Å². The quantitative estimate of drug-likeness (QED) is 0.521. The maximum atomic E-state index is 11.3. The van der Waals surface area contributed by atoms with E-state index < -0.39 is 5.60 Å². The van der Waals surface area contributed by atoms with E-state index in [0.717, 1.165) is 11.3 Å². The Kier molecular flexibility index (Phi) is 7.42. The fourth-order valence-electron chi connectivity index (χ4n) is 4.45. The average molecular weight is 497 g/mol. The van der Waals surface area contributed by atoms with E-state index >= 15 is 0 Å². The summed E-state index contributed by atoms with van der Waals surface area (Å²) in [6.07, 6.45) is 1.62. The molecule has 2 heterocycles. The molecule has 1 aliphatic rings. The molecular weight excluding hydrogens is 471 g/mol. The molecule has 4 rings (SSSR count). The number of aliphatic hydroxyl groups is 2. The Balaban J connectivity index is 1.62. The second kappa shape index (κ2) is 10.3. The van der Waals surface area contributed by atoms with Crippen molar-refractivity contribution in [2.75, 3.05) is 31.1 Å². The van der Waals surface area contributed by atoms with E-state index in [-0.39, 0.29) is 12.6 Å². The first-order chi connectivity index (χ1) is 16.3.